The van der Waals surface area contributed by atoms with Crippen molar-refractivity contribution < 1.29 is 0 Å². The van der Waals surface area contributed by atoms with Crippen molar-refractivity contribution in [1.82, 2.24) is 15.0 Å². The lowest BCUT2D eigenvalue weighted by atomic mass is 10.1. The van der Waals surface area contributed by atoms with Crippen LogP contribution in [0.2, 0.25) is 0 Å². The zero-order chi connectivity index (χ0) is 13.9. The van der Waals surface area contributed by atoms with Crippen LogP contribution >= 0.6 is 15.9 Å². The van der Waals surface area contributed by atoms with Crippen molar-refractivity contribution in [2.45, 2.75) is 32.1 Å². The fraction of sp³-hybridized carbons (Fsp3) is 0.400. The van der Waals surface area contributed by atoms with Gasteiger partial charge in [0.2, 0.25) is 0 Å². The zero-order valence-corrected chi connectivity index (χ0v) is 13.1. The number of pyridine rings is 1. The molecule has 0 aromatic carbocycles. The number of halogens is 1. The van der Waals surface area contributed by atoms with Crippen LogP contribution in [0.3, 0.4) is 0 Å². The molecule has 0 saturated heterocycles. The zero-order valence-electron chi connectivity index (χ0n) is 11.5. The largest absolute Gasteiger partial charge is 0.373 e. The van der Waals surface area contributed by atoms with Crippen LogP contribution in [0.4, 0.5) is 5.82 Å². The van der Waals surface area contributed by atoms with Gasteiger partial charge in [-0.1, -0.05) is 6.42 Å². The molecule has 0 amide bonds. The van der Waals surface area contributed by atoms with Crippen molar-refractivity contribution in [3.05, 3.63) is 34.2 Å². The number of aryl methyl sites for hydroxylation is 1. The van der Waals surface area contributed by atoms with Gasteiger partial charge in [-0.05, 0) is 47.7 Å². The molecule has 0 bridgehead atoms. The van der Waals surface area contributed by atoms with Crippen molar-refractivity contribution in [2.75, 3.05) is 12.4 Å². The third-order valence-electron chi connectivity index (χ3n) is 3.63. The minimum atomic E-state index is 0.754. The Hall–Kier alpha value is -1.49. The first kappa shape index (κ1) is 13.5. The molecule has 0 aliphatic heterocycles. The van der Waals surface area contributed by atoms with E-state index in [4.69, 9.17) is 4.98 Å². The summed E-state index contributed by atoms with van der Waals surface area (Å²) >= 11 is 3.45. The van der Waals surface area contributed by atoms with E-state index in [-0.39, 0.29) is 0 Å². The van der Waals surface area contributed by atoms with E-state index in [2.05, 4.69) is 31.2 Å². The Kier molecular flexibility index (Phi) is 3.96. The maximum absolute atomic E-state index is 4.78. The van der Waals surface area contributed by atoms with E-state index >= 15 is 0 Å². The van der Waals surface area contributed by atoms with Crippen LogP contribution in [0.1, 0.15) is 30.5 Å². The fourth-order valence-corrected chi connectivity index (χ4v) is 3.01. The minimum absolute atomic E-state index is 0.754. The molecular formula is C15H17BrN4. The van der Waals surface area contributed by atoms with Crippen LogP contribution in [0.25, 0.3) is 11.4 Å². The Morgan fingerprint density at radius 1 is 1.10 bits per heavy atom. The molecule has 1 aliphatic carbocycles. The molecule has 0 saturated carbocycles. The van der Waals surface area contributed by atoms with Gasteiger partial charge in [0.05, 0.1) is 0 Å². The number of nitrogens with zero attached hydrogens (tertiary/aromatic N) is 3. The molecule has 2 aromatic rings. The second kappa shape index (κ2) is 5.87. The monoisotopic (exact) mass is 332 g/mol. The summed E-state index contributed by atoms with van der Waals surface area (Å²) in [6.07, 6.45) is 9.40. The predicted molar refractivity (Wildman–Crippen MR) is 83.8 cm³/mol. The Bertz CT molecular complexity index is 627. The van der Waals surface area contributed by atoms with E-state index in [1.54, 1.807) is 6.20 Å². The van der Waals surface area contributed by atoms with E-state index in [1.807, 2.05) is 19.3 Å². The highest BCUT2D eigenvalue weighted by atomic mass is 79.9. The highest BCUT2D eigenvalue weighted by Gasteiger charge is 2.17. The molecular weight excluding hydrogens is 316 g/mol. The Labute approximate surface area is 127 Å². The number of rotatable bonds is 2. The van der Waals surface area contributed by atoms with Gasteiger partial charge < -0.3 is 5.32 Å². The maximum atomic E-state index is 4.78. The SMILES string of the molecule is CNc1nc(-c2cncc(Br)c2)nc2c1CCCCC2. The Morgan fingerprint density at radius 3 is 2.75 bits per heavy atom. The number of aromatic nitrogens is 3. The van der Waals surface area contributed by atoms with E-state index in [9.17, 15) is 0 Å². The van der Waals surface area contributed by atoms with Crippen molar-refractivity contribution in [3.8, 4) is 11.4 Å². The molecule has 1 N–H and O–H groups in total. The topological polar surface area (TPSA) is 50.7 Å². The standard InChI is InChI=1S/C15H17BrN4/c1-17-15-12-5-3-2-4-6-13(12)19-14(20-15)10-7-11(16)9-18-8-10/h7-9H,2-6H2,1H3,(H,17,19,20). The quantitative estimate of drug-likeness (QED) is 0.853. The summed E-state index contributed by atoms with van der Waals surface area (Å²) in [6.45, 7) is 0. The Morgan fingerprint density at radius 2 is 1.95 bits per heavy atom. The average Bonchev–Trinajstić information content (AvgIpc) is 2.71. The van der Waals surface area contributed by atoms with Crippen LogP contribution in [0, 0.1) is 0 Å². The van der Waals surface area contributed by atoms with Gasteiger partial charge in [0, 0.05) is 40.7 Å². The highest BCUT2D eigenvalue weighted by Crippen LogP contribution is 2.28. The van der Waals surface area contributed by atoms with Crippen LogP contribution in [0.5, 0.6) is 0 Å². The maximum Gasteiger partial charge on any atom is 0.163 e. The molecule has 4 nitrogen and oxygen atoms in total. The van der Waals surface area contributed by atoms with Crippen LogP contribution in [0.15, 0.2) is 22.9 Å². The molecule has 0 radical (unpaired) electrons. The molecule has 2 heterocycles. The normalized spacial score (nSPS) is 14.5. The second-order valence-corrected chi connectivity index (χ2v) is 5.94. The van der Waals surface area contributed by atoms with E-state index in [1.165, 1.54) is 30.5 Å². The van der Waals surface area contributed by atoms with Crippen molar-refractivity contribution in [2.24, 2.45) is 0 Å². The summed E-state index contributed by atoms with van der Waals surface area (Å²) in [5.74, 6) is 1.72. The number of fused-ring (bicyclic) bond motifs is 1. The molecule has 1 aliphatic rings. The van der Waals surface area contributed by atoms with Crippen LogP contribution in [-0.2, 0) is 12.8 Å². The molecule has 0 spiro atoms. The first-order valence-corrected chi connectivity index (χ1v) is 7.75. The minimum Gasteiger partial charge on any atom is -0.373 e. The fourth-order valence-electron chi connectivity index (χ4n) is 2.64. The summed E-state index contributed by atoms with van der Waals surface area (Å²) in [7, 11) is 1.93. The van der Waals surface area contributed by atoms with Gasteiger partial charge in [0.15, 0.2) is 5.82 Å². The van der Waals surface area contributed by atoms with Crippen LogP contribution < -0.4 is 5.32 Å². The molecule has 3 rings (SSSR count). The first-order chi connectivity index (χ1) is 9.78. The van der Waals surface area contributed by atoms with Crippen molar-refractivity contribution >= 4 is 21.7 Å². The molecule has 104 valence electrons. The molecule has 2 aromatic heterocycles. The van der Waals surface area contributed by atoms with Crippen molar-refractivity contribution in [3.63, 3.8) is 0 Å². The summed E-state index contributed by atoms with van der Waals surface area (Å²) in [5, 5.41) is 3.22. The van der Waals surface area contributed by atoms with Gasteiger partial charge in [0.1, 0.15) is 5.82 Å². The third-order valence-corrected chi connectivity index (χ3v) is 4.07. The summed E-state index contributed by atoms with van der Waals surface area (Å²) in [4.78, 5) is 13.7. The lowest BCUT2D eigenvalue weighted by Crippen LogP contribution is -2.07. The van der Waals surface area contributed by atoms with Gasteiger partial charge in [-0.2, -0.15) is 0 Å². The Balaban J connectivity index is 2.11. The first-order valence-electron chi connectivity index (χ1n) is 6.96. The lowest BCUT2D eigenvalue weighted by Gasteiger charge is -2.13. The van der Waals surface area contributed by atoms with Gasteiger partial charge >= 0.3 is 0 Å². The number of nitrogens with one attached hydrogen (secondary N) is 1. The molecule has 20 heavy (non-hydrogen) atoms. The van der Waals surface area contributed by atoms with Crippen molar-refractivity contribution in [1.29, 1.82) is 0 Å². The van der Waals surface area contributed by atoms with E-state index in [0.717, 1.165) is 34.5 Å². The van der Waals surface area contributed by atoms with Gasteiger partial charge in [-0.3, -0.25) is 4.98 Å². The smallest absolute Gasteiger partial charge is 0.163 e. The van der Waals surface area contributed by atoms with Crippen LogP contribution in [-0.4, -0.2) is 22.0 Å². The second-order valence-electron chi connectivity index (χ2n) is 5.02. The van der Waals surface area contributed by atoms with Gasteiger partial charge in [-0.25, -0.2) is 9.97 Å². The van der Waals surface area contributed by atoms with Gasteiger partial charge in [0.25, 0.3) is 0 Å². The average molecular weight is 333 g/mol. The molecule has 0 unspecified atom stereocenters. The molecule has 5 heteroatoms. The summed E-state index contributed by atoms with van der Waals surface area (Å²) in [5.41, 5.74) is 3.43. The van der Waals surface area contributed by atoms with E-state index in [0.29, 0.717) is 0 Å². The number of hydrogen-bond acceptors (Lipinski definition) is 4. The molecule has 0 fully saturated rings. The lowest BCUT2D eigenvalue weighted by molar-refractivity contribution is 0.709. The van der Waals surface area contributed by atoms with Gasteiger partial charge in [-0.15, -0.1) is 0 Å². The molecule has 0 atom stereocenters. The predicted octanol–water partition coefficient (Wildman–Crippen LogP) is 3.61. The highest BCUT2D eigenvalue weighted by molar-refractivity contribution is 9.10. The van der Waals surface area contributed by atoms with E-state index < -0.39 is 0 Å². The third kappa shape index (κ3) is 2.68. The summed E-state index contributed by atoms with van der Waals surface area (Å²) < 4.78 is 0.944. The number of anilines is 1. The number of hydrogen-bond donors (Lipinski definition) is 1. The summed E-state index contributed by atoms with van der Waals surface area (Å²) in [6, 6.07) is 2.00.